The summed E-state index contributed by atoms with van der Waals surface area (Å²) in [6.07, 6.45) is 0. The molecule has 0 heterocycles. The zero-order chi connectivity index (χ0) is 17.0. The van der Waals surface area contributed by atoms with Crippen molar-refractivity contribution in [2.24, 2.45) is 0 Å². The summed E-state index contributed by atoms with van der Waals surface area (Å²) in [5, 5.41) is 14.1. The van der Waals surface area contributed by atoms with Crippen LogP contribution in [0.2, 0.25) is 0 Å². The number of aryl methyl sites for hydroxylation is 1. The molecule has 0 atom stereocenters. The molecule has 6 heteroatoms. The summed E-state index contributed by atoms with van der Waals surface area (Å²) >= 11 is 0. The van der Waals surface area contributed by atoms with E-state index in [1.54, 1.807) is 26.4 Å². The number of anilines is 1. The van der Waals surface area contributed by atoms with Crippen LogP contribution in [0.3, 0.4) is 0 Å². The Kier molecular flexibility index (Phi) is 5.05. The second kappa shape index (κ2) is 7.00. The highest BCUT2D eigenvalue weighted by atomic mass is 16.6. The maximum atomic E-state index is 10.8. The van der Waals surface area contributed by atoms with Crippen LogP contribution in [-0.4, -0.2) is 19.1 Å². The number of hydrogen-bond donors (Lipinski definition) is 1. The van der Waals surface area contributed by atoms with Crippen LogP contribution in [0.25, 0.3) is 0 Å². The van der Waals surface area contributed by atoms with Crippen LogP contribution in [0.15, 0.2) is 30.3 Å². The van der Waals surface area contributed by atoms with Gasteiger partial charge in [-0.3, -0.25) is 10.1 Å². The van der Waals surface area contributed by atoms with Crippen molar-refractivity contribution in [3.8, 4) is 11.5 Å². The van der Waals surface area contributed by atoms with Gasteiger partial charge >= 0.3 is 0 Å². The minimum absolute atomic E-state index is 0.0888. The maximum absolute atomic E-state index is 10.8. The molecule has 0 bridgehead atoms. The lowest BCUT2D eigenvalue weighted by atomic mass is 10.1. The number of nitro groups is 1. The number of rotatable bonds is 6. The fraction of sp³-hybridized carbons (Fsp3) is 0.294. The molecule has 0 saturated carbocycles. The van der Waals surface area contributed by atoms with Crippen molar-refractivity contribution >= 4 is 11.4 Å². The lowest BCUT2D eigenvalue weighted by Crippen LogP contribution is -2.05. The van der Waals surface area contributed by atoms with Gasteiger partial charge in [0.1, 0.15) is 11.5 Å². The summed E-state index contributed by atoms with van der Waals surface area (Å²) in [5.41, 5.74) is 3.69. The molecule has 23 heavy (non-hydrogen) atoms. The number of hydrogen-bond acceptors (Lipinski definition) is 5. The predicted molar refractivity (Wildman–Crippen MR) is 89.4 cm³/mol. The van der Waals surface area contributed by atoms with Gasteiger partial charge in [-0.25, -0.2) is 0 Å². The van der Waals surface area contributed by atoms with E-state index in [9.17, 15) is 10.1 Å². The van der Waals surface area contributed by atoms with E-state index in [0.717, 1.165) is 33.9 Å². The van der Waals surface area contributed by atoms with Crippen molar-refractivity contribution < 1.29 is 14.4 Å². The van der Waals surface area contributed by atoms with Gasteiger partial charge in [-0.15, -0.1) is 0 Å². The van der Waals surface area contributed by atoms with E-state index in [1.807, 2.05) is 26.0 Å². The highest BCUT2D eigenvalue weighted by Gasteiger charge is 2.12. The van der Waals surface area contributed by atoms with Gasteiger partial charge in [0.25, 0.3) is 5.69 Å². The van der Waals surface area contributed by atoms with Gasteiger partial charge in [0.2, 0.25) is 0 Å². The van der Waals surface area contributed by atoms with Gasteiger partial charge in [-0.1, -0.05) is 0 Å². The van der Waals surface area contributed by atoms with E-state index in [1.165, 1.54) is 6.07 Å². The predicted octanol–water partition coefficient (Wildman–Crippen LogP) is 3.84. The molecule has 0 spiro atoms. The van der Waals surface area contributed by atoms with E-state index in [2.05, 4.69) is 5.32 Å². The number of nitrogens with one attached hydrogen (secondary N) is 1. The molecule has 122 valence electrons. The Balaban J connectivity index is 2.21. The lowest BCUT2D eigenvalue weighted by molar-refractivity contribution is -0.384. The monoisotopic (exact) mass is 316 g/mol. The SMILES string of the molecule is COc1ccc(CNc2ccc([N+](=O)[O-])cc2C)c(OC)c1C. The van der Waals surface area contributed by atoms with E-state index >= 15 is 0 Å². The van der Waals surface area contributed by atoms with Crippen LogP contribution in [-0.2, 0) is 6.54 Å². The van der Waals surface area contributed by atoms with Crippen molar-refractivity contribution in [2.75, 3.05) is 19.5 Å². The summed E-state index contributed by atoms with van der Waals surface area (Å²) in [4.78, 5) is 10.4. The van der Waals surface area contributed by atoms with Crippen LogP contribution < -0.4 is 14.8 Å². The van der Waals surface area contributed by atoms with Crippen molar-refractivity contribution in [1.29, 1.82) is 0 Å². The molecular weight excluding hydrogens is 296 g/mol. The molecule has 0 aromatic heterocycles. The number of methoxy groups -OCH3 is 2. The molecular formula is C17H20N2O4. The van der Waals surface area contributed by atoms with Gasteiger partial charge in [-0.2, -0.15) is 0 Å². The average Bonchev–Trinajstić information content (AvgIpc) is 2.53. The van der Waals surface area contributed by atoms with E-state index < -0.39 is 4.92 Å². The lowest BCUT2D eigenvalue weighted by Gasteiger charge is -2.16. The second-order valence-corrected chi connectivity index (χ2v) is 5.20. The largest absolute Gasteiger partial charge is 0.496 e. The summed E-state index contributed by atoms with van der Waals surface area (Å²) in [5.74, 6) is 1.55. The summed E-state index contributed by atoms with van der Waals surface area (Å²) in [6, 6.07) is 8.61. The molecule has 2 rings (SSSR count). The van der Waals surface area contributed by atoms with Crippen LogP contribution in [0.5, 0.6) is 11.5 Å². The highest BCUT2D eigenvalue weighted by molar-refractivity contribution is 5.57. The third-order valence-corrected chi connectivity index (χ3v) is 3.75. The molecule has 0 radical (unpaired) electrons. The van der Waals surface area contributed by atoms with E-state index in [0.29, 0.717) is 6.54 Å². The highest BCUT2D eigenvalue weighted by Crippen LogP contribution is 2.32. The first kappa shape index (κ1) is 16.6. The first-order chi connectivity index (χ1) is 11.0. The zero-order valence-corrected chi connectivity index (χ0v) is 13.7. The van der Waals surface area contributed by atoms with Crippen molar-refractivity contribution in [2.45, 2.75) is 20.4 Å². The molecule has 2 aromatic rings. The number of non-ortho nitro benzene ring substituents is 1. The first-order valence-corrected chi connectivity index (χ1v) is 7.17. The molecule has 0 amide bonds. The Labute approximate surface area is 135 Å². The van der Waals surface area contributed by atoms with Gasteiger partial charge in [0.15, 0.2) is 0 Å². The normalized spacial score (nSPS) is 10.3. The molecule has 0 unspecified atom stereocenters. The van der Waals surface area contributed by atoms with Crippen LogP contribution in [0.1, 0.15) is 16.7 Å². The van der Waals surface area contributed by atoms with Crippen LogP contribution >= 0.6 is 0 Å². The fourth-order valence-corrected chi connectivity index (χ4v) is 2.52. The molecule has 1 N–H and O–H groups in total. The van der Waals surface area contributed by atoms with E-state index in [-0.39, 0.29) is 5.69 Å². The number of nitro benzene ring substituents is 1. The minimum atomic E-state index is -0.396. The number of benzene rings is 2. The van der Waals surface area contributed by atoms with E-state index in [4.69, 9.17) is 9.47 Å². The van der Waals surface area contributed by atoms with Crippen molar-refractivity contribution in [3.63, 3.8) is 0 Å². The van der Waals surface area contributed by atoms with Gasteiger partial charge in [0, 0.05) is 35.5 Å². The van der Waals surface area contributed by atoms with Crippen molar-refractivity contribution in [1.82, 2.24) is 0 Å². The Morgan fingerprint density at radius 3 is 2.43 bits per heavy atom. The summed E-state index contributed by atoms with van der Waals surface area (Å²) in [7, 11) is 3.25. The third kappa shape index (κ3) is 3.53. The fourth-order valence-electron chi connectivity index (χ4n) is 2.52. The molecule has 2 aromatic carbocycles. The molecule has 0 fully saturated rings. The molecule has 6 nitrogen and oxygen atoms in total. The van der Waals surface area contributed by atoms with Gasteiger partial charge in [0.05, 0.1) is 19.1 Å². The summed E-state index contributed by atoms with van der Waals surface area (Å²) in [6.45, 7) is 4.33. The van der Waals surface area contributed by atoms with Gasteiger partial charge < -0.3 is 14.8 Å². The van der Waals surface area contributed by atoms with Gasteiger partial charge in [-0.05, 0) is 37.6 Å². The quantitative estimate of drug-likeness (QED) is 0.647. The topological polar surface area (TPSA) is 73.6 Å². The molecule has 0 aliphatic rings. The maximum Gasteiger partial charge on any atom is 0.269 e. The Morgan fingerprint density at radius 2 is 1.87 bits per heavy atom. The van der Waals surface area contributed by atoms with Crippen LogP contribution in [0.4, 0.5) is 11.4 Å². The smallest absolute Gasteiger partial charge is 0.269 e. The number of ether oxygens (including phenoxy) is 2. The Morgan fingerprint density at radius 1 is 1.13 bits per heavy atom. The van der Waals surface area contributed by atoms with Crippen molar-refractivity contribution in [3.05, 3.63) is 57.1 Å². The minimum Gasteiger partial charge on any atom is -0.496 e. The summed E-state index contributed by atoms with van der Waals surface area (Å²) < 4.78 is 10.8. The zero-order valence-electron chi connectivity index (χ0n) is 13.7. The molecule has 0 saturated heterocycles. The molecule has 0 aliphatic heterocycles. The standard InChI is InChI=1S/C17H20N2O4/c1-11-9-14(19(20)21)6-7-15(11)18-10-13-5-8-16(22-3)12(2)17(13)23-4/h5-9,18H,10H2,1-4H3. The molecule has 0 aliphatic carbocycles. The first-order valence-electron chi connectivity index (χ1n) is 7.17. The average molecular weight is 316 g/mol. The Hall–Kier alpha value is -2.76. The van der Waals surface area contributed by atoms with Crippen LogP contribution in [0, 0.1) is 24.0 Å². The Bertz CT molecular complexity index is 729. The second-order valence-electron chi connectivity index (χ2n) is 5.20. The third-order valence-electron chi connectivity index (χ3n) is 3.75. The number of nitrogens with zero attached hydrogens (tertiary/aromatic N) is 1.